The molecule has 0 bridgehead atoms. The van der Waals surface area contributed by atoms with Crippen molar-refractivity contribution in [2.24, 2.45) is 0 Å². The summed E-state index contributed by atoms with van der Waals surface area (Å²) < 4.78 is 0. The molecule has 0 aliphatic carbocycles. The molecule has 0 aliphatic rings. The van der Waals surface area contributed by atoms with E-state index in [1.54, 1.807) is 27.0 Å². The molecule has 0 heterocycles. The van der Waals surface area contributed by atoms with Crippen molar-refractivity contribution in [3.63, 3.8) is 0 Å². The summed E-state index contributed by atoms with van der Waals surface area (Å²) in [5, 5.41) is 12.9. The van der Waals surface area contributed by atoms with E-state index in [1.165, 1.54) is 0 Å². The lowest BCUT2D eigenvalue weighted by Crippen LogP contribution is -2.19. The van der Waals surface area contributed by atoms with Crippen molar-refractivity contribution in [1.29, 1.82) is 0 Å². The maximum atomic E-state index is 11.7. The monoisotopic (exact) mass is 227 g/mol. The van der Waals surface area contributed by atoms with Gasteiger partial charge >= 0.3 is 0 Å². The number of halogens is 1. The first-order valence-corrected chi connectivity index (χ1v) is 5.03. The Morgan fingerprint density at radius 3 is 2.67 bits per heavy atom. The SMILES string of the molecule is CNCC(=O)c1c(Cl)cc(C)c(O)c1C. The highest BCUT2D eigenvalue weighted by Crippen LogP contribution is 2.31. The molecule has 82 valence electrons. The van der Waals surface area contributed by atoms with Crippen LogP contribution >= 0.6 is 11.6 Å². The van der Waals surface area contributed by atoms with Gasteiger partial charge in [0, 0.05) is 11.1 Å². The molecule has 2 N–H and O–H groups in total. The molecule has 0 radical (unpaired) electrons. The molecule has 0 saturated heterocycles. The van der Waals surface area contributed by atoms with Crippen LogP contribution in [0.3, 0.4) is 0 Å². The molecule has 0 spiro atoms. The average Bonchev–Trinajstić information content (AvgIpc) is 2.15. The molecule has 0 aromatic heterocycles. The number of phenolic OH excluding ortho intramolecular Hbond substituents is 1. The molecule has 1 aromatic carbocycles. The van der Waals surface area contributed by atoms with Crippen LogP contribution in [0.4, 0.5) is 0 Å². The van der Waals surface area contributed by atoms with Gasteiger partial charge in [-0.2, -0.15) is 0 Å². The number of Topliss-reactive ketones (excluding diaryl/α,β-unsaturated/α-hetero) is 1. The van der Waals surface area contributed by atoms with E-state index in [0.717, 1.165) is 0 Å². The third kappa shape index (κ3) is 2.30. The van der Waals surface area contributed by atoms with Gasteiger partial charge in [0.25, 0.3) is 0 Å². The van der Waals surface area contributed by atoms with Crippen molar-refractivity contribution < 1.29 is 9.90 Å². The highest BCUT2D eigenvalue weighted by atomic mass is 35.5. The Morgan fingerprint density at radius 1 is 1.53 bits per heavy atom. The van der Waals surface area contributed by atoms with Gasteiger partial charge in [-0.15, -0.1) is 0 Å². The Morgan fingerprint density at radius 2 is 2.13 bits per heavy atom. The fourth-order valence-electron chi connectivity index (χ4n) is 1.52. The molecule has 3 nitrogen and oxygen atoms in total. The number of rotatable bonds is 3. The number of benzene rings is 1. The summed E-state index contributed by atoms with van der Waals surface area (Å²) in [6.07, 6.45) is 0. The summed E-state index contributed by atoms with van der Waals surface area (Å²) in [6, 6.07) is 1.60. The molecular formula is C11H14ClNO2. The van der Waals surface area contributed by atoms with Gasteiger partial charge in [-0.3, -0.25) is 4.79 Å². The van der Waals surface area contributed by atoms with Gasteiger partial charge in [0.1, 0.15) is 5.75 Å². The van der Waals surface area contributed by atoms with Crippen LogP contribution in [0.5, 0.6) is 5.75 Å². The number of ketones is 1. The summed E-state index contributed by atoms with van der Waals surface area (Å²) in [7, 11) is 1.69. The Labute approximate surface area is 94.1 Å². The molecule has 4 heteroatoms. The number of aromatic hydroxyl groups is 1. The quantitative estimate of drug-likeness (QED) is 0.778. The normalized spacial score (nSPS) is 10.4. The highest BCUT2D eigenvalue weighted by molar-refractivity contribution is 6.34. The minimum Gasteiger partial charge on any atom is -0.507 e. The van der Waals surface area contributed by atoms with E-state index in [2.05, 4.69) is 5.32 Å². The van der Waals surface area contributed by atoms with Gasteiger partial charge in [-0.05, 0) is 32.5 Å². The zero-order chi connectivity index (χ0) is 11.6. The first-order chi connectivity index (χ1) is 6.99. The minimum absolute atomic E-state index is 0.115. The Balaban J connectivity index is 3.29. The molecule has 0 fully saturated rings. The second-order valence-corrected chi connectivity index (χ2v) is 3.88. The molecule has 1 rings (SSSR count). The number of aryl methyl sites for hydroxylation is 1. The maximum absolute atomic E-state index is 11.7. The van der Waals surface area contributed by atoms with Crippen LogP contribution in [0.15, 0.2) is 6.07 Å². The number of likely N-dealkylation sites (N-methyl/N-ethyl adjacent to an activating group) is 1. The maximum Gasteiger partial charge on any atom is 0.178 e. The number of carbonyl (C=O) groups is 1. The molecule has 15 heavy (non-hydrogen) atoms. The Bertz CT molecular complexity index is 402. The van der Waals surface area contributed by atoms with Crippen LogP contribution in [0.1, 0.15) is 21.5 Å². The fourth-order valence-corrected chi connectivity index (χ4v) is 1.93. The Kier molecular flexibility index (Phi) is 3.72. The third-order valence-corrected chi connectivity index (χ3v) is 2.60. The third-order valence-electron chi connectivity index (χ3n) is 2.30. The second-order valence-electron chi connectivity index (χ2n) is 3.48. The second kappa shape index (κ2) is 4.64. The van der Waals surface area contributed by atoms with Crippen LogP contribution in [0.25, 0.3) is 0 Å². The van der Waals surface area contributed by atoms with Crippen LogP contribution in [-0.4, -0.2) is 24.5 Å². The largest absolute Gasteiger partial charge is 0.507 e. The average molecular weight is 228 g/mol. The van der Waals surface area contributed by atoms with E-state index in [1.807, 2.05) is 0 Å². The predicted molar refractivity (Wildman–Crippen MR) is 60.8 cm³/mol. The van der Waals surface area contributed by atoms with Gasteiger partial charge in [0.15, 0.2) is 5.78 Å². The van der Waals surface area contributed by atoms with Gasteiger partial charge in [0.05, 0.1) is 11.6 Å². The van der Waals surface area contributed by atoms with Crippen molar-refractivity contribution >= 4 is 17.4 Å². The highest BCUT2D eigenvalue weighted by Gasteiger charge is 2.17. The molecule has 1 aromatic rings. The summed E-state index contributed by atoms with van der Waals surface area (Å²) >= 11 is 5.98. The summed E-state index contributed by atoms with van der Waals surface area (Å²) in [5.41, 5.74) is 1.62. The fraction of sp³-hybridized carbons (Fsp3) is 0.364. The lowest BCUT2D eigenvalue weighted by atomic mass is 10.0. The summed E-state index contributed by atoms with van der Waals surface area (Å²) in [5.74, 6) is 0.0224. The summed E-state index contributed by atoms with van der Waals surface area (Å²) in [6.45, 7) is 3.65. The van der Waals surface area contributed by atoms with Crippen molar-refractivity contribution in [3.8, 4) is 5.75 Å². The van der Waals surface area contributed by atoms with E-state index >= 15 is 0 Å². The van der Waals surface area contributed by atoms with E-state index in [9.17, 15) is 9.90 Å². The first-order valence-electron chi connectivity index (χ1n) is 4.65. The van der Waals surface area contributed by atoms with Crippen LogP contribution < -0.4 is 5.32 Å². The van der Waals surface area contributed by atoms with Crippen molar-refractivity contribution in [2.75, 3.05) is 13.6 Å². The van der Waals surface area contributed by atoms with Crippen LogP contribution in [0.2, 0.25) is 5.02 Å². The first kappa shape index (κ1) is 12.0. The number of hydrogen-bond donors (Lipinski definition) is 2. The smallest absolute Gasteiger partial charge is 0.178 e. The number of phenols is 1. The number of carbonyl (C=O) groups excluding carboxylic acids is 1. The zero-order valence-corrected chi connectivity index (χ0v) is 9.77. The van der Waals surface area contributed by atoms with Crippen LogP contribution in [0, 0.1) is 13.8 Å². The molecule has 0 amide bonds. The van der Waals surface area contributed by atoms with Crippen molar-refractivity contribution in [1.82, 2.24) is 5.32 Å². The van der Waals surface area contributed by atoms with Gasteiger partial charge in [-0.1, -0.05) is 11.6 Å². The van der Waals surface area contributed by atoms with Gasteiger partial charge in [-0.25, -0.2) is 0 Å². The van der Waals surface area contributed by atoms with E-state index in [-0.39, 0.29) is 18.1 Å². The van der Waals surface area contributed by atoms with Gasteiger partial charge in [0.2, 0.25) is 0 Å². The molecule has 0 unspecified atom stereocenters. The van der Waals surface area contributed by atoms with Crippen molar-refractivity contribution in [3.05, 3.63) is 27.8 Å². The van der Waals surface area contributed by atoms with Crippen molar-refractivity contribution in [2.45, 2.75) is 13.8 Å². The number of nitrogens with one attached hydrogen (secondary N) is 1. The van der Waals surface area contributed by atoms with Gasteiger partial charge < -0.3 is 10.4 Å². The minimum atomic E-state index is -0.115. The van der Waals surface area contributed by atoms with Crippen LogP contribution in [-0.2, 0) is 0 Å². The zero-order valence-electron chi connectivity index (χ0n) is 9.02. The number of hydrogen-bond acceptors (Lipinski definition) is 3. The molecule has 0 atom stereocenters. The lowest BCUT2D eigenvalue weighted by molar-refractivity contribution is 0.0992. The van der Waals surface area contributed by atoms with E-state index in [4.69, 9.17) is 11.6 Å². The molecular weight excluding hydrogens is 214 g/mol. The molecule has 0 aliphatic heterocycles. The standard InChI is InChI=1S/C11H14ClNO2/c1-6-4-8(12)10(7(2)11(6)15)9(14)5-13-3/h4,13,15H,5H2,1-3H3. The summed E-state index contributed by atoms with van der Waals surface area (Å²) in [4.78, 5) is 11.7. The van der Waals surface area contributed by atoms with E-state index in [0.29, 0.717) is 21.7 Å². The lowest BCUT2D eigenvalue weighted by Gasteiger charge is -2.11. The Hall–Kier alpha value is -1.06. The van der Waals surface area contributed by atoms with E-state index < -0.39 is 0 Å². The predicted octanol–water partition coefficient (Wildman–Crippen LogP) is 2.06. The topological polar surface area (TPSA) is 49.3 Å². The molecule has 0 saturated carbocycles.